The van der Waals surface area contributed by atoms with Crippen molar-refractivity contribution in [3.63, 3.8) is 0 Å². The zero-order valence-electron chi connectivity index (χ0n) is 13.1. The number of nitrogens with one attached hydrogen (secondary N) is 3. The lowest BCUT2D eigenvalue weighted by molar-refractivity contribution is -0.124. The van der Waals surface area contributed by atoms with Crippen LogP contribution in [0.3, 0.4) is 0 Å². The van der Waals surface area contributed by atoms with Gasteiger partial charge in [0.1, 0.15) is 5.75 Å². The predicted octanol–water partition coefficient (Wildman–Crippen LogP) is 1.31. The van der Waals surface area contributed by atoms with E-state index < -0.39 is 0 Å². The van der Waals surface area contributed by atoms with E-state index in [1.165, 1.54) is 11.8 Å². The first-order valence-corrected chi connectivity index (χ1v) is 8.39. The molecule has 0 spiro atoms. The third kappa shape index (κ3) is 5.17. The number of fused-ring (bicyclic) bond motifs is 1. The van der Waals surface area contributed by atoms with Gasteiger partial charge in [-0.15, -0.1) is 0 Å². The van der Waals surface area contributed by atoms with Crippen molar-refractivity contribution < 1.29 is 14.3 Å². The van der Waals surface area contributed by atoms with Gasteiger partial charge in [0.2, 0.25) is 11.8 Å². The van der Waals surface area contributed by atoms with Crippen molar-refractivity contribution >= 4 is 34.6 Å². The van der Waals surface area contributed by atoms with Gasteiger partial charge in [-0.1, -0.05) is 11.8 Å². The van der Waals surface area contributed by atoms with Crippen LogP contribution < -0.4 is 15.4 Å². The number of likely N-dealkylation sites (N-methyl/N-ethyl adjacent to an activating group) is 1. The van der Waals surface area contributed by atoms with E-state index in [0.717, 1.165) is 16.8 Å². The molecule has 2 aromatic rings. The number of thioether (sulfide) groups is 1. The van der Waals surface area contributed by atoms with Gasteiger partial charge < -0.3 is 20.4 Å². The first kappa shape index (κ1) is 17.1. The lowest BCUT2D eigenvalue weighted by Gasteiger charge is -2.04. The Kier molecular flexibility index (Phi) is 6.28. The number of aromatic amines is 1. The topological polar surface area (TPSA) is 96.1 Å². The summed E-state index contributed by atoms with van der Waals surface area (Å²) in [4.78, 5) is 30.5. The highest BCUT2D eigenvalue weighted by Crippen LogP contribution is 2.23. The molecule has 2 amide bonds. The molecule has 0 radical (unpaired) electrons. The first-order valence-electron chi connectivity index (χ1n) is 7.41. The number of H-pyrrole nitrogens is 1. The average molecular weight is 336 g/mol. The molecule has 3 N–H and O–H groups in total. The Morgan fingerprint density at radius 3 is 2.83 bits per heavy atom. The summed E-state index contributed by atoms with van der Waals surface area (Å²) >= 11 is 1.29. The lowest BCUT2D eigenvalue weighted by Crippen LogP contribution is -2.37. The van der Waals surface area contributed by atoms with E-state index in [-0.39, 0.29) is 24.1 Å². The SMILES string of the molecule is CCNC(=O)CNC(=O)CSc1nc2ccc(OCC)cc2[nH]1. The fourth-order valence-electron chi connectivity index (χ4n) is 1.91. The number of carbonyl (C=O) groups excluding carboxylic acids is 2. The molecule has 0 fully saturated rings. The second kappa shape index (κ2) is 8.42. The van der Waals surface area contributed by atoms with Gasteiger partial charge in [0.05, 0.1) is 29.9 Å². The molecule has 124 valence electrons. The van der Waals surface area contributed by atoms with Crippen molar-refractivity contribution in [2.24, 2.45) is 0 Å². The fraction of sp³-hybridized carbons (Fsp3) is 0.400. The first-order chi connectivity index (χ1) is 11.1. The van der Waals surface area contributed by atoms with Crippen molar-refractivity contribution in [1.82, 2.24) is 20.6 Å². The minimum Gasteiger partial charge on any atom is -0.494 e. The van der Waals surface area contributed by atoms with Gasteiger partial charge in [0, 0.05) is 12.6 Å². The summed E-state index contributed by atoms with van der Waals surface area (Å²) in [5, 5.41) is 5.84. The van der Waals surface area contributed by atoms with Crippen LogP contribution in [0.1, 0.15) is 13.8 Å². The highest BCUT2D eigenvalue weighted by Gasteiger charge is 2.09. The molecule has 1 heterocycles. The number of carbonyl (C=O) groups is 2. The average Bonchev–Trinajstić information content (AvgIpc) is 2.94. The molecule has 23 heavy (non-hydrogen) atoms. The molecule has 1 aromatic heterocycles. The van der Waals surface area contributed by atoms with E-state index in [1.54, 1.807) is 0 Å². The number of hydrogen-bond donors (Lipinski definition) is 3. The molecule has 0 aliphatic carbocycles. The molecule has 0 aliphatic heterocycles. The maximum absolute atomic E-state index is 11.7. The molecule has 0 saturated carbocycles. The second-order valence-corrected chi connectivity index (χ2v) is 5.64. The van der Waals surface area contributed by atoms with E-state index in [9.17, 15) is 9.59 Å². The Hall–Kier alpha value is -2.22. The molecule has 0 aliphatic rings. The van der Waals surface area contributed by atoms with Gasteiger partial charge in [-0.2, -0.15) is 0 Å². The summed E-state index contributed by atoms with van der Waals surface area (Å²) in [5.41, 5.74) is 1.68. The van der Waals surface area contributed by atoms with Gasteiger partial charge in [0.25, 0.3) is 0 Å². The second-order valence-electron chi connectivity index (χ2n) is 4.67. The number of aromatic nitrogens is 2. The minimum atomic E-state index is -0.211. The molecule has 0 unspecified atom stereocenters. The Labute approximate surface area is 138 Å². The van der Waals surface area contributed by atoms with E-state index in [1.807, 2.05) is 32.0 Å². The standard InChI is InChI=1S/C15H20N4O3S/c1-3-16-13(20)8-17-14(21)9-23-15-18-11-6-5-10(22-4-2)7-12(11)19-15/h5-7H,3-4,8-9H2,1-2H3,(H,16,20)(H,17,21)(H,18,19). The normalized spacial score (nSPS) is 10.5. The van der Waals surface area contributed by atoms with Gasteiger partial charge in [-0.05, 0) is 26.0 Å². The van der Waals surface area contributed by atoms with Crippen molar-refractivity contribution in [3.05, 3.63) is 18.2 Å². The van der Waals surface area contributed by atoms with Crippen LogP contribution in [0.5, 0.6) is 5.75 Å². The quantitative estimate of drug-likeness (QED) is 0.632. The zero-order chi connectivity index (χ0) is 16.7. The third-order valence-corrected chi connectivity index (χ3v) is 3.78. The van der Waals surface area contributed by atoms with Crippen molar-refractivity contribution in [3.8, 4) is 5.75 Å². The van der Waals surface area contributed by atoms with Crippen LogP contribution in [-0.4, -0.2) is 47.2 Å². The van der Waals surface area contributed by atoms with E-state index >= 15 is 0 Å². The van der Waals surface area contributed by atoms with Crippen LogP contribution in [0.25, 0.3) is 11.0 Å². The molecule has 7 nitrogen and oxygen atoms in total. The highest BCUT2D eigenvalue weighted by molar-refractivity contribution is 7.99. The number of imidazole rings is 1. The van der Waals surface area contributed by atoms with E-state index in [2.05, 4.69) is 20.6 Å². The number of rotatable bonds is 8. The van der Waals surface area contributed by atoms with Crippen LogP contribution in [0.4, 0.5) is 0 Å². The minimum absolute atomic E-state index is 0.00885. The van der Waals surface area contributed by atoms with Crippen LogP contribution in [0.2, 0.25) is 0 Å². The summed E-state index contributed by atoms with van der Waals surface area (Å²) in [5.74, 6) is 0.562. The highest BCUT2D eigenvalue weighted by atomic mass is 32.2. The maximum Gasteiger partial charge on any atom is 0.239 e. The molecule has 0 bridgehead atoms. The smallest absolute Gasteiger partial charge is 0.239 e. The summed E-state index contributed by atoms with van der Waals surface area (Å²) in [6, 6.07) is 5.61. The number of nitrogens with zero attached hydrogens (tertiary/aromatic N) is 1. The number of benzene rings is 1. The molecule has 8 heteroatoms. The molecule has 0 atom stereocenters. The van der Waals surface area contributed by atoms with Gasteiger partial charge in [-0.3, -0.25) is 9.59 Å². The largest absolute Gasteiger partial charge is 0.494 e. The fourth-order valence-corrected chi connectivity index (χ4v) is 2.63. The van der Waals surface area contributed by atoms with Gasteiger partial charge >= 0.3 is 0 Å². The summed E-state index contributed by atoms with van der Waals surface area (Å²) in [6.45, 7) is 4.90. The molecule has 1 aromatic carbocycles. The molecule has 2 rings (SSSR count). The van der Waals surface area contributed by atoms with Crippen molar-refractivity contribution in [2.75, 3.05) is 25.4 Å². The van der Waals surface area contributed by atoms with E-state index in [4.69, 9.17) is 4.74 Å². The summed E-state index contributed by atoms with van der Waals surface area (Å²) < 4.78 is 5.44. The van der Waals surface area contributed by atoms with Crippen molar-refractivity contribution in [1.29, 1.82) is 0 Å². The van der Waals surface area contributed by atoms with Crippen LogP contribution in [0, 0.1) is 0 Å². The lowest BCUT2D eigenvalue weighted by atomic mass is 10.3. The zero-order valence-corrected chi connectivity index (χ0v) is 14.0. The molecular formula is C15H20N4O3S. The molecular weight excluding hydrogens is 316 g/mol. The third-order valence-electron chi connectivity index (χ3n) is 2.90. The van der Waals surface area contributed by atoms with Gasteiger partial charge in [0.15, 0.2) is 5.16 Å². The van der Waals surface area contributed by atoms with Crippen LogP contribution in [-0.2, 0) is 9.59 Å². The Bertz CT molecular complexity index is 686. The number of ether oxygens (including phenoxy) is 1. The number of hydrogen-bond acceptors (Lipinski definition) is 5. The Balaban J connectivity index is 1.86. The monoisotopic (exact) mass is 336 g/mol. The summed E-state index contributed by atoms with van der Waals surface area (Å²) in [6.07, 6.45) is 0. The predicted molar refractivity (Wildman–Crippen MR) is 89.7 cm³/mol. The Morgan fingerprint density at radius 2 is 2.09 bits per heavy atom. The van der Waals surface area contributed by atoms with E-state index in [0.29, 0.717) is 18.3 Å². The molecule has 0 saturated heterocycles. The van der Waals surface area contributed by atoms with Crippen LogP contribution in [0.15, 0.2) is 23.4 Å². The Morgan fingerprint density at radius 1 is 1.26 bits per heavy atom. The van der Waals surface area contributed by atoms with Gasteiger partial charge in [-0.25, -0.2) is 4.98 Å². The van der Waals surface area contributed by atoms with Crippen molar-refractivity contribution in [2.45, 2.75) is 19.0 Å². The summed E-state index contributed by atoms with van der Waals surface area (Å²) in [7, 11) is 0. The van der Waals surface area contributed by atoms with Crippen LogP contribution >= 0.6 is 11.8 Å². The number of amides is 2. The maximum atomic E-state index is 11.7.